The van der Waals surface area contributed by atoms with Gasteiger partial charge in [0.25, 0.3) is 0 Å². The summed E-state index contributed by atoms with van der Waals surface area (Å²) >= 11 is 0. The highest BCUT2D eigenvalue weighted by atomic mass is 16.4. The number of unbranched alkanes of at least 4 members (excludes halogenated alkanes) is 6. The molecule has 0 saturated heterocycles. The minimum atomic E-state index is -0.948. The van der Waals surface area contributed by atoms with E-state index >= 15 is 0 Å². The molecule has 0 heterocycles. The lowest BCUT2D eigenvalue weighted by Gasteiger charge is -2.11. The molecule has 0 aromatic heterocycles. The van der Waals surface area contributed by atoms with Crippen molar-refractivity contribution >= 4 is 11.7 Å². The number of carboxylic acid groups (broad SMARTS) is 1. The van der Waals surface area contributed by atoms with Crippen LogP contribution in [0.5, 0.6) is 5.75 Å². The number of carbonyl (C=O) groups is 1. The van der Waals surface area contributed by atoms with Crippen LogP contribution in [0.3, 0.4) is 0 Å². The van der Waals surface area contributed by atoms with Crippen molar-refractivity contribution in [2.75, 3.05) is 6.54 Å². The molecule has 4 heteroatoms. The van der Waals surface area contributed by atoms with Crippen molar-refractivity contribution in [3.05, 3.63) is 36.4 Å². The van der Waals surface area contributed by atoms with Gasteiger partial charge in [-0.3, -0.25) is 0 Å². The number of phenolic OH excluding ortho intramolecular Hbond substituents is 1. The molecule has 0 aliphatic carbocycles. The summed E-state index contributed by atoms with van der Waals surface area (Å²) in [4.78, 5) is 10.2. The molecule has 0 atom stereocenters. The first-order valence-corrected chi connectivity index (χ1v) is 8.02. The van der Waals surface area contributed by atoms with Crippen LogP contribution in [0.4, 0.5) is 0 Å². The molecular weight excluding hydrogens is 278 g/mol. The quantitative estimate of drug-likeness (QED) is 0.582. The highest BCUT2D eigenvalue weighted by molar-refractivity contribution is 5.66. The van der Waals surface area contributed by atoms with E-state index in [2.05, 4.69) is 11.9 Å². The van der Waals surface area contributed by atoms with Crippen molar-refractivity contribution in [2.45, 2.75) is 51.4 Å². The molecule has 0 radical (unpaired) electrons. The lowest BCUT2D eigenvalue weighted by molar-refractivity contribution is -0.305. The average Bonchev–Trinajstić information content (AvgIpc) is 2.49. The van der Waals surface area contributed by atoms with Gasteiger partial charge in [0.1, 0.15) is 5.75 Å². The van der Waals surface area contributed by atoms with Crippen LogP contribution in [-0.4, -0.2) is 17.6 Å². The molecule has 0 unspecified atom stereocenters. The van der Waals surface area contributed by atoms with Crippen LogP contribution in [0.2, 0.25) is 0 Å². The van der Waals surface area contributed by atoms with Crippen molar-refractivity contribution < 1.29 is 15.0 Å². The molecule has 2 N–H and O–H groups in total. The van der Waals surface area contributed by atoms with Gasteiger partial charge in [-0.25, -0.2) is 0 Å². The average molecular weight is 304 g/mol. The maximum Gasteiger partial charge on any atom is 0.124 e. The molecule has 0 amide bonds. The zero-order valence-electron chi connectivity index (χ0n) is 13.1. The van der Waals surface area contributed by atoms with Crippen LogP contribution >= 0.6 is 0 Å². The molecule has 0 spiro atoms. The monoisotopic (exact) mass is 304 g/mol. The van der Waals surface area contributed by atoms with Gasteiger partial charge < -0.3 is 20.3 Å². The number of nitrogens with one attached hydrogen (secondary N) is 1. The summed E-state index contributed by atoms with van der Waals surface area (Å²) in [5.74, 6) is -0.702. The number of carboxylic acids is 1. The number of rotatable bonds is 12. The van der Waals surface area contributed by atoms with Gasteiger partial charge in [0.05, 0.1) is 0 Å². The largest absolute Gasteiger partial charge is 0.550 e. The Morgan fingerprint density at radius 3 is 2.27 bits per heavy atom. The van der Waals surface area contributed by atoms with Gasteiger partial charge >= 0.3 is 0 Å². The second-order valence-corrected chi connectivity index (χ2v) is 5.52. The molecule has 4 nitrogen and oxygen atoms in total. The molecule has 0 aliphatic rings. The molecule has 122 valence electrons. The topological polar surface area (TPSA) is 72.4 Å². The van der Waals surface area contributed by atoms with Gasteiger partial charge in [-0.15, -0.1) is 0 Å². The van der Waals surface area contributed by atoms with E-state index in [9.17, 15) is 15.0 Å². The Morgan fingerprint density at radius 1 is 1.05 bits per heavy atom. The Labute approximate surface area is 132 Å². The van der Waals surface area contributed by atoms with Crippen LogP contribution in [0.15, 0.2) is 30.8 Å². The number of para-hydroxylation sites is 1. The first-order chi connectivity index (χ1) is 10.6. The maximum atomic E-state index is 10.2. The molecule has 1 aromatic carbocycles. The van der Waals surface area contributed by atoms with Gasteiger partial charge in [-0.1, -0.05) is 50.8 Å². The van der Waals surface area contributed by atoms with Crippen LogP contribution in [-0.2, 0) is 4.79 Å². The molecule has 0 fully saturated rings. The smallest absolute Gasteiger partial charge is 0.124 e. The molecule has 1 rings (SSSR count). The second kappa shape index (κ2) is 10.7. The Morgan fingerprint density at radius 2 is 1.64 bits per heavy atom. The summed E-state index contributed by atoms with van der Waals surface area (Å²) in [6.45, 7) is 4.79. The maximum absolute atomic E-state index is 10.2. The normalized spacial score (nSPS) is 10.4. The zero-order chi connectivity index (χ0) is 16.2. The van der Waals surface area contributed by atoms with Crippen molar-refractivity contribution in [1.82, 2.24) is 5.32 Å². The van der Waals surface area contributed by atoms with Crippen molar-refractivity contribution in [3.63, 3.8) is 0 Å². The van der Waals surface area contributed by atoms with Crippen LogP contribution in [0.25, 0.3) is 5.70 Å². The number of carbonyl (C=O) groups excluding carboxylic acids is 1. The van der Waals surface area contributed by atoms with Crippen molar-refractivity contribution in [2.24, 2.45) is 0 Å². The van der Waals surface area contributed by atoms with Gasteiger partial charge in [0, 0.05) is 23.8 Å². The summed E-state index contributed by atoms with van der Waals surface area (Å²) in [6, 6.07) is 7.17. The number of hydrogen-bond donors (Lipinski definition) is 2. The van der Waals surface area contributed by atoms with Gasteiger partial charge in [0.15, 0.2) is 0 Å². The summed E-state index contributed by atoms with van der Waals surface area (Å²) in [5, 5.41) is 23.2. The standard InChI is InChI=1S/C18H27NO3/c1-15(16-11-8-9-12-17(16)20)19-14-10-6-4-2-3-5-7-13-18(21)22/h8-9,11-12,19-20H,1-7,10,13-14H2,(H,21,22)/p-1. The number of phenols is 1. The lowest BCUT2D eigenvalue weighted by atomic mass is 10.1. The summed E-state index contributed by atoms with van der Waals surface area (Å²) in [7, 11) is 0. The fourth-order valence-electron chi connectivity index (χ4n) is 2.34. The second-order valence-electron chi connectivity index (χ2n) is 5.52. The first-order valence-electron chi connectivity index (χ1n) is 8.02. The predicted octanol–water partition coefficient (Wildman–Crippen LogP) is 2.82. The van der Waals surface area contributed by atoms with Crippen molar-refractivity contribution in [3.8, 4) is 5.75 Å². The minimum Gasteiger partial charge on any atom is -0.550 e. The third-order valence-electron chi connectivity index (χ3n) is 3.63. The minimum absolute atomic E-state index is 0.179. The highest BCUT2D eigenvalue weighted by Gasteiger charge is 2.02. The summed E-state index contributed by atoms with van der Waals surface area (Å²) in [5.41, 5.74) is 1.50. The Balaban J connectivity index is 1.99. The van der Waals surface area contributed by atoms with Crippen LogP contribution < -0.4 is 10.4 Å². The molecular formula is C18H26NO3-. The van der Waals surface area contributed by atoms with E-state index in [4.69, 9.17) is 0 Å². The van der Waals surface area contributed by atoms with Gasteiger partial charge in [-0.05, 0) is 31.4 Å². The van der Waals surface area contributed by atoms with E-state index in [1.165, 1.54) is 0 Å². The first kappa shape index (κ1) is 18.1. The van der Waals surface area contributed by atoms with Gasteiger partial charge in [0.2, 0.25) is 0 Å². The number of aliphatic carboxylic acids is 1. The number of aromatic hydroxyl groups is 1. The van der Waals surface area contributed by atoms with E-state index in [1.807, 2.05) is 12.1 Å². The number of hydrogen-bond acceptors (Lipinski definition) is 4. The Bertz CT molecular complexity index is 471. The van der Waals surface area contributed by atoms with Crippen LogP contribution in [0, 0.1) is 0 Å². The zero-order valence-corrected chi connectivity index (χ0v) is 13.1. The predicted molar refractivity (Wildman–Crippen MR) is 87.1 cm³/mol. The SMILES string of the molecule is C=C(NCCCCCCCCCC(=O)[O-])c1ccccc1O. The van der Waals surface area contributed by atoms with E-state index in [1.54, 1.807) is 12.1 Å². The third kappa shape index (κ3) is 7.72. The molecule has 0 saturated carbocycles. The van der Waals surface area contributed by atoms with Crippen molar-refractivity contribution in [1.29, 1.82) is 0 Å². The Hall–Kier alpha value is -1.97. The number of benzene rings is 1. The third-order valence-corrected chi connectivity index (χ3v) is 3.63. The molecule has 0 bridgehead atoms. The molecule has 1 aromatic rings. The van der Waals surface area contributed by atoms with Gasteiger partial charge in [-0.2, -0.15) is 0 Å². The highest BCUT2D eigenvalue weighted by Crippen LogP contribution is 2.21. The fourth-order valence-corrected chi connectivity index (χ4v) is 2.34. The Kier molecular flexibility index (Phi) is 8.80. The summed E-state index contributed by atoms with van der Waals surface area (Å²) < 4.78 is 0. The van der Waals surface area contributed by atoms with E-state index < -0.39 is 5.97 Å². The fraction of sp³-hybridized carbons (Fsp3) is 0.500. The molecule has 22 heavy (non-hydrogen) atoms. The lowest BCUT2D eigenvalue weighted by Crippen LogP contribution is -2.21. The van der Waals surface area contributed by atoms with Crippen LogP contribution in [0.1, 0.15) is 56.9 Å². The summed E-state index contributed by atoms with van der Waals surface area (Å²) in [6.07, 6.45) is 7.47. The van der Waals surface area contributed by atoms with E-state index in [0.717, 1.165) is 62.8 Å². The molecule has 0 aliphatic heterocycles. The van der Waals surface area contributed by atoms with E-state index in [0.29, 0.717) is 0 Å². The van der Waals surface area contributed by atoms with E-state index in [-0.39, 0.29) is 12.2 Å².